The Kier molecular flexibility index (Phi) is 4.80. The van der Waals surface area contributed by atoms with Gasteiger partial charge in [-0.2, -0.15) is 0 Å². The summed E-state index contributed by atoms with van der Waals surface area (Å²) < 4.78 is 0. The van der Waals surface area contributed by atoms with Gasteiger partial charge in [0.25, 0.3) is 0 Å². The summed E-state index contributed by atoms with van der Waals surface area (Å²) in [5.41, 5.74) is 0. The van der Waals surface area contributed by atoms with E-state index in [1.807, 2.05) is 6.92 Å². The molecule has 1 atom stereocenters. The standard InChI is InChI=1S/C13H25N3O/c1-11(16-9-7-14-8-10-16)13(17)15-6-5-12-3-2-4-12/h11-12,14H,2-10H2,1H3,(H,15,17). The topological polar surface area (TPSA) is 44.4 Å². The minimum Gasteiger partial charge on any atom is -0.355 e. The molecule has 0 aromatic heterocycles. The van der Waals surface area contributed by atoms with Gasteiger partial charge in [-0.15, -0.1) is 0 Å². The van der Waals surface area contributed by atoms with Crippen molar-refractivity contribution >= 4 is 5.91 Å². The molecule has 4 heteroatoms. The molecular formula is C13H25N3O. The zero-order chi connectivity index (χ0) is 12.1. The lowest BCUT2D eigenvalue weighted by Crippen LogP contribution is -2.52. The van der Waals surface area contributed by atoms with Gasteiger partial charge in [0.15, 0.2) is 0 Å². The van der Waals surface area contributed by atoms with Gasteiger partial charge in [-0.3, -0.25) is 9.69 Å². The number of nitrogens with one attached hydrogen (secondary N) is 2. The van der Waals surface area contributed by atoms with Crippen molar-refractivity contribution < 1.29 is 4.79 Å². The van der Waals surface area contributed by atoms with Crippen LogP contribution in [0.2, 0.25) is 0 Å². The first-order valence-electron chi connectivity index (χ1n) is 7.00. The summed E-state index contributed by atoms with van der Waals surface area (Å²) in [6.45, 7) is 6.84. The molecule has 1 aliphatic carbocycles. The van der Waals surface area contributed by atoms with E-state index in [-0.39, 0.29) is 11.9 Å². The molecule has 0 radical (unpaired) electrons. The smallest absolute Gasteiger partial charge is 0.237 e. The van der Waals surface area contributed by atoms with Gasteiger partial charge in [-0.1, -0.05) is 19.3 Å². The lowest BCUT2D eigenvalue weighted by molar-refractivity contribution is -0.126. The molecule has 0 aromatic carbocycles. The SMILES string of the molecule is CC(C(=O)NCCC1CCC1)N1CCNCC1. The van der Waals surface area contributed by atoms with E-state index in [9.17, 15) is 4.79 Å². The fourth-order valence-electron chi connectivity index (χ4n) is 2.56. The average Bonchev–Trinajstić information content (AvgIpc) is 2.32. The number of hydrogen-bond donors (Lipinski definition) is 2. The molecule has 4 nitrogen and oxygen atoms in total. The van der Waals surface area contributed by atoms with Crippen LogP contribution in [0.3, 0.4) is 0 Å². The molecule has 2 aliphatic rings. The monoisotopic (exact) mass is 239 g/mol. The molecule has 0 aromatic rings. The Labute approximate surface area is 104 Å². The molecule has 1 saturated heterocycles. The number of rotatable bonds is 5. The molecule has 0 bridgehead atoms. The van der Waals surface area contributed by atoms with Crippen molar-refractivity contribution in [3.8, 4) is 0 Å². The number of hydrogen-bond acceptors (Lipinski definition) is 3. The van der Waals surface area contributed by atoms with Gasteiger partial charge in [-0.05, 0) is 19.3 Å². The second-order valence-corrected chi connectivity index (χ2v) is 5.34. The van der Waals surface area contributed by atoms with E-state index in [4.69, 9.17) is 0 Å². The number of amides is 1. The Morgan fingerprint density at radius 1 is 1.41 bits per heavy atom. The Morgan fingerprint density at radius 3 is 2.71 bits per heavy atom. The number of carbonyl (C=O) groups is 1. The third kappa shape index (κ3) is 3.68. The van der Waals surface area contributed by atoms with Crippen molar-refractivity contribution in [2.45, 2.75) is 38.6 Å². The summed E-state index contributed by atoms with van der Waals surface area (Å²) in [6, 6.07) is 0.0264. The predicted molar refractivity (Wildman–Crippen MR) is 68.9 cm³/mol. The first-order valence-corrected chi connectivity index (χ1v) is 7.00. The van der Waals surface area contributed by atoms with Crippen LogP contribution >= 0.6 is 0 Å². The van der Waals surface area contributed by atoms with Crippen LogP contribution in [0.5, 0.6) is 0 Å². The van der Waals surface area contributed by atoms with E-state index in [0.717, 1.165) is 38.6 Å². The predicted octanol–water partition coefficient (Wildman–Crippen LogP) is 0.587. The average molecular weight is 239 g/mol. The van der Waals surface area contributed by atoms with E-state index in [1.54, 1.807) is 0 Å². The Balaban J connectivity index is 1.63. The molecular weight excluding hydrogens is 214 g/mol. The summed E-state index contributed by atoms with van der Waals surface area (Å²) >= 11 is 0. The van der Waals surface area contributed by atoms with E-state index < -0.39 is 0 Å². The summed E-state index contributed by atoms with van der Waals surface area (Å²) in [4.78, 5) is 14.2. The Morgan fingerprint density at radius 2 is 2.12 bits per heavy atom. The molecule has 0 spiro atoms. The maximum atomic E-state index is 12.0. The van der Waals surface area contributed by atoms with Gasteiger partial charge in [0.1, 0.15) is 0 Å². The van der Waals surface area contributed by atoms with Crippen molar-refractivity contribution in [2.24, 2.45) is 5.92 Å². The highest BCUT2D eigenvalue weighted by molar-refractivity contribution is 5.81. The maximum absolute atomic E-state index is 12.0. The van der Waals surface area contributed by atoms with Crippen LogP contribution in [0.4, 0.5) is 0 Å². The highest BCUT2D eigenvalue weighted by atomic mass is 16.2. The molecule has 1 heterocycles. The van der Waals surface area contributed by atoms with Crippen LogP contribution in [-0.2, 0) is 4.79 Å². The van der Waals surface area contributed by atoms with Gasteiger partial charge in [0.05, 0.1) is 6.04 Å². The minimum absolute atomic E-state index is 0.0264. The van der Waals surface area contributed by atoms with E-state index in [2.05, 4.69) is 15.5 Å². The van der Waals surface area contributed by atoms with Crippen LogP contribution in [0.15, 0.2) is 0 Å². The fraction of sp³-hybridized carbons (Fsp3) is 0.923. The van der Waals surface area contributed by atoms with Gasteiger partial charge >= 0.3 is 0 Å². The van der Waals surface area contributed by atoms with Crippen molar-refractivity contribution in [3.63, 3.8) is 0 Å². The van der Waals surface area contributed by atoms with Gasteiger partial charge in [0.2, 0.25) is 5.91 Å². The van der Waals surface area contributed by atoms with Crippen molar-refractivity contribution in [1.82, 2.24) is 15.5 Å². The highest BCUT2D eigenvalue weighted by Crippen LogP contribution is 2.28. The Bertz CT molecular complexity index is 247. The van der Waals surface area contributed by atoms with E-state index in [0.29, 0.717) is 0 Å². The molecule has 1 unspecified atom stereocenters. The molecule has 17 heavy (non-hydrogen) atoms. The normalized spacial score (nSPS) is 24.1. The first-order chi connectivity index (χ1) is 8.27. The molecule has 2 N–H and O–H groups in total. The van der Waals surface area contributed by atoms with E-state index in [1.165, 1.54) is 25.7 Å². The van der Waals surface area contributed by atoms with Crippen molar-refractivity contribution in [2.75, 3.05) is 32.7 Å². The first kappa shape index (κ1) is 12.8. The largest absolute Gasteiger partial charge is 0.355 e. The van der Waals surface area contributed by atoms with Crippen LogP contribution in [-0.4, -0.2) is 49.6 Å². The van der Waals surface area contributed by atoms with Gasteiger partial charge in [0, 0.05) is 32.7 Å². The minimum atomic E-state index is 0.0264. The molecule has 1 saturated carbocycles. The number of piperazine rings is 1. The van der Waals surface area contributed by atoms with Crippen LogP contribution in [0, 0.1) is 5.92 Å². The summed E-state index contributed by atoms with van der Waals surface area (Å²) in [6.07, 6.45) is 5.28. The van der Waals surface area contributed by atoms with Gasteiger partial charge in [-0.25, -0.2) is 0 Å². The number of carbonyl (C=O) groups excluding carboxylic acids is 1. The third-order valence-corrected chi connectivity index (χ3v) is 4.16. The van der Waals surface area contributed by atoms with E-state index >= 15 is 0 Å². The maximum Gasteiger partial charge on any atom is 0.237 e. The lowest BCUT2D eigenvalue weighted by atomic mass is 9.83. The van der Waals surface area contributed by atoms with Crippen LogP contribution < -0.4 is 10.6 Å². The zero-order valence-corrected chi connectivity index (χ0v) is 10.9. The Hall–Kier alpha value is -0.610. The third-order valence-electron chi connectivity index (χ3n) is 4.16. The van der Waals surface area contributed by atoms with Crippen molar-refractivity contribution in [1.29, 1.82) is 0 Å². The summed E-state index contributed by atoms with van der Waals surface area (Å²) in [7, 11) is 0. The van der Waals surface area contributed by atoms with Crippen LogP contribution in [0.1, 0.15) is 32.6 Å². The lowest BCUT2D eigenvalue weighted by Gasteiger charge is -2.32. The number of nitrogens with zero attached hydrogens (tertiary/aromatic N) is 1. The zero-order valence-electron chi connectivity index (χ0n) is 10.9. The van der Waals surface area contributed by atoms with Gasteiger partial charge < -0.3 is 10.6 Å². The molecule has 98 valence electrons. The van der Waals surface area contributed by atoms with Crippen molar-refractivity contribution in [3.05, 3.63) is 0 Å². The second-order valence-electron chi connectivity index (χ2n) is 5.34. The molecule has 1 aliphatic heterocycles. The quantitative estimate of drug-likeness (QED) is 0.738. The fourth-order valence-corrected chi connectivity index (χ4v) is 2.56. The summed E-state index contributed by atoms with van der Waals surface area (Å²) in [5.74, 6) is 1.08. The molecule has 1 amide bonds. The molecule has 2 rings (SSSR count). The molecule has 2 fully saturated rings. The van der Waals surface area contributed by atoms with Crippen LogP contribution in [0.25, 0.3) is 0 Å². The summed E-state index contributed by atoms with van der Waals surface area (Å²) in [5, 5.41) is 6.39. The highest BCUT2D eigenvalue weighted by Gasteiger charge is 2.23. The second kappa shape index (κ2) is 6.36.